The molecule has 2 aliphatic heterocycles. The number of carbonyl (C=O) groups excluding carboxylic acids is 2. The largest absolute Gasteiger partial charge is 0.463 e. The quantitative estimate of drug-likeness (QED) is 0.532. The maximum absolute atomic E-state index is 13.9. The standard InChI is InChI=1S/C26H23ClN4O4S/c1-5-35-25(34)19-13(2)28-26-31(21(19)14-6-9-16(10-7-14)30(3)4)24(33)22(36-26)20-17-12-15(27)8-11-18(17)29-23(20)32/h6-12,21H,5H2,1-4H3,(H,29,32)/b22-20-/t21-/m1/s1. The van der Waals surface area contributed by atoms with Crippen LogP contribution in [0.5, 0.6) is 0 Å². The van der Waals surface area contributed by atoms with Crippen molar-refractivity contribution in [1.29, 1.82) is 0 Å². The second-order valence-electron chi connectivity index (χ2n) is 8.63. The Balaban J connectivity index is 1.80. The molecule has 184 valence electrons. The van der Waals surface area contributed by atoms with Gasteiger partial charge >= 0.3 is 5.97 Å². The second kappa shape index (κ2) is 9.07. The first kappa shape index (κ1) is 24.0. The van der Waals surface area contributed by atoms with Gasteiger partial charge in [0.2, 0.25) is 0 Å². The molecular weight excluding hydrogens is 500 g/mol. The number of hydrogen-bond donors (Lipinski definition) is 1. The van der Waals surface area contributed by atoms with Gasteiger partial charge < -0.3 is 15.0 Å². The number of anilines is 2. The number of esters is 1. The van der Waals surface area contributed by atoms with E-state index in [-0.39, 0.29) is 28.2 Å². The molecule has 8 nitrogen and oxygen atoms in total. The van der Waals surface area contributed by atoms with E-state index < -0.39 is 17.6 Å². The van der Waals surface area contributed by atoms with E-state index >= 15 is 0 Å². The van der Waals surface area contributed by atoms with Crippen LogP contribution in [0.3, 0.4) is 0 Å². The number of allylic oxidation sites excluding steroid dienone is 1. The molecular formula is C26H23ClN4O4S. The number of rotatable bonds is 4. The maximum Gasteiger partial charge on any atom is 0.338 e. The van der Waals surface area contributed by atoms with E-state index in [4.69, 9.17) is 16.3 Å². The molecule has 0 saturated carbocycles. The second-order valence-corrected chi connectivity index (χ2v) is 10.0. The lowest BCUT2D eigenvalue weighted by Gasteiger charge is -2.25. The van der Waals surface area contributed by atoms with Crippen LogP contribution in [0.4, 0.5) is 11.4 Å². The first-order valence-corrected chi connectivity index (χ1v) is 12.5. The molecule has 3 aromatic rings. The lowest BCUT2D eigenvalue weighted by atomic mass is 9.95. The molecule has 2 aliphatic rings. The average molecular weight is 523 g/mol. The summed E-state index contributed by atoms with van der Waals surface area (Å²) in [6.45, 7) is 3.65. The normalized spacial score (nSPS) is 17.8. The average Bonchev–Trinajstić information content (AvgIpc) is 3.32. The van der Waals surface area contributed by atoms with Crippen molar-refractivity contribution in [3.63, 3.8) is 0 Å². The highest BCUT2D eigenvalue weighted by atomic mass is 35.5. The summed E-state index contributed by atoms with van der Waals surface area (Å²) >= 11 is 7.31. The predicted octanol–water partition coefficient (Wildman–Crippen LogP) is 2.84. The van der Waals surface area contributed by atoms with E-state index in [1.807, 2.05) is 43.3 Å². The molecule has 0 fully saturated rings. The fourth-order valence-electron chi connectivity index (χ4n) is 4.48. The van der Waals surface area contributed by atoms with Crippen molar-refractivity contribution >= 4 is 51.8 Å². The number of fused-ring (bicyclic) bond motifs is 2. The monoisotopic (exact) mass is 522 g/mol. The Kier molecular flexibility index (Phi) is 6.05. The van der Waals surface area contributed by atoms with Crippen molar-refractivity contribution in [3.05, 3.63) is 89.6 Å². The lowest BCUT2D eigenvalue weighted by molar-refractivity contribution is -0.139. The van der Waals surface area contributed by atoms with Gasteiger partial charge in [0.05, 0.1) is 29.5 Å². The molecule has 36 heavy (non-hydrogen) atoms. The van der Waals surface area contributed by atoms with Crippen molar-refractivity contribution in [3.8, 4) is 0 Å². The zero-order valence-corrected chi connectivity index (χ0v) is 21.7. The summed E-state index contributed by atoms with van der Waals surface area (Å²) in [4.78, 5) is 46.9. The first-order valence-electron chi connectivity index (χ1n) is 11.3. The van der Waals surface area contributed by atoms with E-state index in [2.05, 4.69) is 10.3 Å². The van der Waals surface area contributed by atoms with Crippen molar-refractivity contribution in [2.45, 2.75) is 19.9 Å². The number of benzene rings is 2. The van der Waals surface area contributed by atoms with Crippen molar-refractivity contribution < 1.29 is 14.3 Å². The van der Waals surface area contributed by atoms with E-state index in [1.54, 1.807) is 32.0 Å². The third-order valence-electron chi connectivity index (χ3n) is 6.17. The predicted molar refractivity (Wildman–Crippen MR) is 140 cm³/mol. The van der Waals surface area contributed by atoms with Crippen LogP contribution in [0.25, 0.3) is 5.57 Å². The number of hydrogen-bond acceptors (Lipinski definition) is 7. The minimum absolute atomic E-state index is 0.189. The number of thiazole rings is 1. The van der Waals surface area contributed by atoms with E-state index in [1.165, 1.54) is 4.57 Å². The van der Waals surface area contributed by atoms with Crippen LogP contribution in [0, 0.1) is 0 Å². The molecule has 0 spiro atoms. The summed E-state index contributed by atoms with van der Waals surface area (Å²) in [5, 5.41) is 3.25. The number of amides is 1. The summed E-state index contributed by atoms with van der Waals surface area (Å²) in [6.07, 6.45) is 0. The van der Waals surface area contributed by atoms with Gasteiger partial charge in [-0.15, -0.1) is 0 Å². The topological polar surface area (TPSA) is 93.0 Å². The number of halogens is 1. The van der Waals surface area contributed by atoms with Crippen LogP contribution in [-0.4, -0.2) is 37.1 Å². The Labute approximate surface area is 215 Å². The summed E-state index contributed by atoms with van der Waals surface area (Å²) in [7, 11) is 3.87. The Morgan fingerprint density at radius 3 is 2.58 bits per heavy atom. The Morgan fingerprint density at radius 1 is 1.19 bits per heavy atom. The van der Waals surface area contributed by atoms with Gasteiger partial charge in [-0.05, 0) is 49.7 Å². The molecule has 1 atom stereocenters. The summed E-state index contributed by atoms with van der Waals surface area (Å²) < 4.78 is 7.06. The molecule has 3 heterocycles. The van der Waals surface area contributed by atoms with Crippen molar-refractivity contribution in [2.24, 2.45) is 4.99 Å². The summed E-state index contributed by atoms with van der Waals surface area (Å²) in [5.41, 5.74) is 3.45. The summed E-state index contributed by atoms with van der Waals surface area (Å²) in [6, 6.07) is 11.9. The fourth-order valence-corrected chi connectivity index (χ4v) is 5.79. The molecule has 1 amide bonds. The molecule has 5 rings (SSSR count). The molecule has 2 aromatic carbocycles. The van der Waals surface area contributed by atoms with Gasteiger partial charge in [-0.25, -0.2) is 9.79 Å². The molecule has 1 N–H and O–H groups in total. The third-order valence-corrected chi connectivity index (χ3v) is 7.46. The van der Waals surface area contributed by atoms with E-state index in [0.29, 0.717) is 26.8 Å². The Bertz CT molecular complexity index is 1630. The SMILES string of the molecule is CCOC(=O)C1=C(C)N=c2s/c(=C3\C(=O)Nc4ccc(Cl)cc43)c(=O)n2[C@@H]1c1ccc(N(C)C)cc1. The third kappa shape index (κ3) is 3.84. The van der Waals surface area contributed by atoms with E-state index in [9.17, 15) is 14.4 Å². The smallest absolute Gasteiger partial charge is 0.338 e. The highest BCUT2D eigenvalue weighted by molar-refractivity contribution is 7.07. The minimum Gasteiger partial charge on any atom is -0.463 e. The number of ether oxygens (including phenoxy) is 1. The highest BCUT2D eigenvalue weighted by Gasteiger charge is 2.35. The fraction of sp³-hybridized carbons (Fsp3) is 0.231. The van der Waals surface area contributed by atoms with Crippen molar-refractivity contribution in [2.75, 3.05) is 30.9 Å². The minimum atomic E-state index is -0.755. The molecule has 10 heteroatoms. The summed E-state index contributed by atoms with van der Waals surface area (Å²) in [5.74, 6) is -0.917. The van der Waals surface area contributed by atoms with Gasteiger partial charge in [-0.1, -0.05) is 35.1 Å². The van der Waals surface area contributed by atoms with Gasteiger partial charge in [0, 0.05) is 36.1 Å². The first-order chi connectivity index (χ1) is 17.2. The van der Waals surface area contributed by atoms with Crippen molar-refractivity contribution in [1.82, 2.24) is 4.57 Å². The van der Waals surface area contributed by atoms with E-state index in [0.717, 1.165) is 22.6 Å². The molecule has 0 bridgehead atoms. The number of nitrogens with one attached hydrogen (secondary N) is 1. The number of nitrogens with zero attached hydrogens (tertiary/aromatic N) is 3. The lowest BCUT2D eigenvalue weighted by Crippen LogP contribution is -2.40. The zero-order valence-electron chi connectivity index (χ0n) is 20.1. The highest BCUT2D eigenvalue weighted by Crippen LogP contribution is 2.34. The van der Waals surface area contributed by atoms with Crippen LogP contribution >= 0.6 is 22.9 Å². The van der Waals surface area contributed by atoms with Crippen LogP contribution in [0.1, 0.15) is 31.0 Å². The van der Waals surface area contributed by atoms with Gasteiger partial charge in [0.25, 0.3) is 11.5 Å². The van der Waals surface area contributed by atoms with Gasteiger partial charge in [-0.2, -0.15) is 0 Å². The van der Waals surface area contributed by atoms with Gasteiger partial charge in [0.1, 0.15) is 4.53 Å². The van der Waals surface area contributed by atoms with Crippen LogP contribution in [0.15, 0.2) is 63.5 Å². The van der Waals surface area contributed by atoms with Crippen LogP contribution < -0.4 is 25.1 Å². The molecule has 0 saturated heterocycles. The molecule has 1 aromatic heterocycles. The van der Waals surface area contributed by atoms with Gasteiger partial charge in [-0.3, -0.25) is 14.2 Å². The maximum atomic E-state index is 13.9. The zero-order chi connectivity index (χ0) is 25.7. The Morgan fingerprint density at radius 2 is 1.92 bits per heavy atom. The van der Waals surface area contributed by atoms with Crippen LogP contribution in [-0.2, 0) is 14.3 Å². The molecule has 0 aliphatic carbocycles. The van der Waals surface area contributed by atoms with Crippen LogP contribution in [0.2, 0.25) is 5.02 Å². The Hall–Kier alpha value is -3.69. The number of aromatic nitrogens is 1. The van der Waals surface area contributed by atoms with Gasteiger partial charge in [0.15, 0.2) is 4.80 Å². The molecule has 0 unspecified atom stereocenters. The molecule has 0 radical (unpaired) electrons. The number of carbonyl (C=O) groups is 2.